The van der Waals surface area contributed by atoms with Crippen molar-refractivity contribution in [2.24, 2.45) is 5.92 Å². The summed E-state index contributed by atoms with van der Waals surface area (Å²) >= 11 is 0. The molecule has 116 valence electrons. The number of H-pyrrole nitrogens is 1. The molecule has 0 saturated carbocycles. The zero-order valence-electron chi connectivity index (χ0n) is 12.8. The maximum absolute atomic E-state index is 12.7. The molecule has 0 spiro atoms. The van der Waals surface area contributed by atoms with Crippen LogP contribution >= 0.6 is 0 Å². The molecule has 0 fully saturated rings. The highest BCUT2D eigenvalue weighted by Crippen LogP contribution is 2.18. The van der Waals surface area contributed by atoms with Gasteiger partial charge >= 0.3 is 0 Å². The van der Waals surface area contributed by atoms with Crippen molar-refractivity contribution < 1.29 is 4.79 Å². The first-order chi connectivity index (χ1) is 10.5. The van der Waals surface area contributed by atoms with Gasteiger partial charge in [-0.1, -0.05) is 13.8 Å². The summed E-state index contributed by atoms with van der Waals surface area (Å²) < 4.78 is 0. The van der Waals surface area contributed by atoms with Crippen LogP contribution in [-0.2, 0) is 19.4 Å². The van der Waals surface area contributed by atoms with E-state index in [9.17, 15) is 4.79 Å². The molecule has 7 nitrogen and oxygen atoms in total. The standard InChI is InChI=1S/C15H20N6O/c1-9(2)5-10-6-12(20-15(16)19-10)14(22)21-4-3-11-13(7-21)18-8-17-11/h6,8-9H,3-5,7H2,1-2H3,(H,17,18)(H2,16,19,20). The van der Waals surface area contributed by atoms with Gasteiger partial charge in [-0.05, 0) is 18.4 Å². The average Bonchev–Trinajstić information content (AvgIpc) is 2.92. The SMILES string of the molecule is CC(C)Cc1cc(C(=O)N2CCc3nc[nH]c3C2)nc(N)n1. The summed E-state index contributed by atoms with van der Waals surface area (Å²) in [5.74, 6) is 0.486. The van der Waals surface area contributed by atoms with E-state index < -0.39 is 0 Å². The van der Waals surface area contributed by atoms with E-state index in [1.807, 2.05) is 0 Å². The fourth-order valence-corrected chi connectivity index (χ4v) is 2.70. The van der Waals surface area contributed by atoms with Gasteiger partial charge in [-0.25, -0.2) is 15.0 Å². The number of nitrogens with zero attached hydrogens (tertiary/aromatic N) is 4. The van der Waals surface area contributed by atoms with Crippen LogP contribution in [0.1, 0.15) is 41.4 Å². The molecule has 2 aromatic rings. The summed E-state index contributed by atoms with van der Waals surface area (Å²) in [6.07, 6.45) is 3.20. The summed E-state index contributed by atoms with van der Waals surface area (Å²) in [5.41, 5.74) is 8.95. The Morgan fingerprint density at radius 1 is 1.45 bits per heavy atom. The smallest absolute Gasteiger partial charge is 0.273 e. The number of nitrogens with two attached hydrogens (primary N) is 1. The monoisotopic (exact) mass is 300 g/mol. The van der Waals surface area contributed by atoms with Crippen LogP contribution in [0.3, 0.4) is 0 Å². The number of nitrogens with one attached hydrogen (secondary N) is 1. The fourth-order valence-electron chi connectivity index (χ4n) is 2.70. The van der Waals surface area contributed by atoms with Crippen LogP contribution in [0.25, 0.3) is 0 Å². The number of amides is 1. The van der Waals surface area contributed by atoms with E-state index >= 15 is 0 Å². The summed E-state index contributed by atoms with van der Waals surface area (Å²) in [4.78, 5) is 30.1. The number of carbonyl (C=O) groups is 1. The normalized spacial score (nSPS) is 14.2. The average molecular weight is 300 g/mol. The minimum Gasteiger partial charge on any atom is -0.368 e. The molecule has 3 rings (SSSR count). The largest absolute Gasteiger partial charge is 0.368 e. The number of hydrogen-bond acceptors (Lipinski definition) is 5. The van der Waals surface area contributed by atoms with Crippen molar-refractivity contribution in [3.8, 4) is 0 Å². The third-order valence-corrected chi connectivity index (χ3v) is 3.70. The molecule has 7 heteroatoms. The van der Waals surface area contributed by atoms with Crippen LogP contribution in [0.2, 0.25) is 0 Å². The van der Waals surface area contributed by atoms with Crippen molar-refractivity contribution in [1.82, 2.24) is 24.8 Å². The van der Waals surface area contributed by atoms with E-state index in [0.717, 1.165) is 29.9 Å². The number of aromatic amines is 1. The zero-order chi connectivity index (χ0) is 15.7. The number of nitrogen functional groups attached to an aromatic ring is 1. The van der Waals surface area contributed by atoms with Gasteiger partial charge < -0.3 is 15.6 Å². The van der Waals surface area contributed by atoms with E-state index in [1.54, 1.807) is 17.3 Å². The Balaban J connectivity index is 1.82. The Kier molecular flexibility index (Phi) is 3.79. The molecular weight excluding hydrogens is 280 g/mol. The molecule has 0 atom stereocenters. The Morgan fingerprint density at radius 2 is 2.27 bits per heavy atom. The Hall–Kier alpha value is -2.44. The highest BCUT2D eigenvalue weighted by Gasteiger charge is 2.24. The maximum atomic E-state index is 12.7. The molecule has 3 heterocycles. The third-order valence-electron chi connectivity index (χ3n) is 3.70. The van der Waals surface area contributed by atoms with Gasteiger partial charge in [0.1, 0.15) is 5.69 Å². The predicted molar refractivity (Wildman–Crippen MR) is 82.0 cm³/mol. The summed E-state index contributed by atoms with van der Waals surface area (Å²) in [5, 5.41) is 0. The van der Waals surface area contributed by atoms with Gasteiger partial charge in [0.15, 0.2) is 0 Å². The lowest BCUT2D eigenvalue weighted by Crippen LogP contribution is -2.36. The molecule has 0 radical (unpaired) electrons. The lowest BCUT2D eigenvalue weighted by atomic mass is 10.1. The van der Waals surface area contributed by atoms with E-state index in [0.29, 0.717) is 24.7 Å². The molecule has 3 N–H and O–H groups in total. The molecule has 1 aliphatic rings. The first kappa shape index (κ1) is 14.5. The van der Waals surface area contributed by atoms with Gasteiger partial charge in [-0.15, -0.1) is 0 Å². The molecule has 0 aliphatic carbocycles. The lowest BCUT2D eigenvalue weighted by molar-refractivity contribution is 0.0725. The predicted octanol–water partition coefficient (Wildman–Crippen LogP) is 1.18. The molecule has 1 amide bonds. The highest BCUT2D eigenvalue weighted by atomic mass is 16.2. The molecule has 0 unspecified atom stereocenters. The van der Waals surface area contributed by atoms with Crippen molar-refractivity contribution in [3.05, 3.63) is 35.2 Å². The molecule has 22 heavy (non-hydrogen) atoms. The van der Waals surface area contributed by atoms with Crippen LogP contribution in [0.5, 0.6) is 0 Å². The number of fused-ring (bicyclic) bond motifs is 1. The van der Waals surface area contributed by atoms with Gasteiger partial charge in [0.05, 0.1) is 24.3 Å². The van der Waals surface area contributed by atoms with Gasteiger partial charge in [-0.3, -0.25) is 4.79 Å². The number of anilines is 1. The van der Waals surface area contributed by atoms with Crippen molar-refractivity contribution >= 4 is 11.9 Å². The Labute approximate surface area is 129 Å². The van der Waals surface area contributed by atoms with Crippen LogP contribution in [0.15, 0.2) is 12.4 Å². The minimum absolute atomic E-state index is 0.112. The zero-order valence-corrected chi connectivity index (χ0v) is 12.8. The third kappa shape index (κ3) is 2.93. The summed E-state index contributed by atoms with van der Waals surface area (Å²) in [6.45, 7) is 5.37. The lowest BCUT2D eigenvalue weighted by Gasteiger charge is -2.26. The van der Waals surface area contributed by atoms with E-state index in [1.165, 1.54) is 0 Å². The topological polar surface area (TPSA) is 101 Å². The van der Waals surface area contributed by atoms with Crippen LogP contribution in [0.4, 0.5) is 5.95 Å². The molecular formula is C15H20N6O. The second-order valence-corrected chi connectivity index (χ2v) is 6.01. The minimum atomic E-state index is -0.112. The number of rotatable bonds is 3. The van der Waals surface area contributed by atoms with E-state index in [4.69, 9.17) is 5.73 Å². The second kappa shape index (κ2) is 5.75. The quantitative estimate of drug-likeness (QED) is 0.886. The fraction of sp³-hybridized carbons (Fsp3) is 0.467. The van der Waals surface area contributed by atoms with Gasteiger partial charge in [0, 0.05) is 18.7 Å². The van der Waals surface area contributed by atoms with Crippen molar-refractivity contribution in [2.45, 2.75) is 33.2 Å². The van der Waals surface area contributed by atoms with Gasteiger partial charge in [0.2, 0.25) is 5.95 Å². The first-order valence-electron chi connectivity index (χ1n) is 7.46. The molecule has 0 aromatic carbocycles. The van der Waals surface area contributed by atoms with Crippen molar-refractivity contribution in [1.29, 1.82) is 0 Å². The maximum Gasteiger partial charge on any atom is 0.273 e. The van der Waals surface area contributed by atoms with Crippen molar-refractivity contribution in [3.63, 3.8) is 0 Å². The molecule has 0 bridgehead atoms. The number of aromatic nitrogens is 4. The summed E-state index contributed by atoms with van der Waals surface area (Å²) in [7, 11) is 0. The summed E-state index contributed by atoms with van der Waals surface area (Å²) in [6, 6.07) is 1.75. The Bertz CT molecular complexity index is 693. The van der Waals surface area contributed by atoms with Crippen LogP contribution in [-0.4, -0.2) is 37.3 Å². The number of hydrogen-bond donors (Lipinski definition) is 2. The second-order valence-electron chi connectivity index (χ2n) is 6.01. The van der Waals surface area contributed by atoms with Crippen molar-refractivity contribution in [2.75, 3.05) is 12.3 Å². The van der Waals surface area contributed by atoms with E-state index in [-0.39, 0.29) is 11.9 Å². The highest BCUT2D eigenvalue weighted by molar-refractivity contribution is 5.92. The molecule has 1 aliphatic heterocycles. The van der Waals surface area contributed by atoms with Gasteiger partial charge in [-0.2, -0.15) is 0 Å². The first-order valence-corrected chi connectivity index (χ1v) is 7.46. The Morgan fingerprint density at radius 3 is 3.05 bits per heavy atom. The van der Waals surface area contributed by atoms with E-state index in [2.05, 4.69) is 33.8 Å². The van der Waals surface area contributed by atoms with Gasteiger partial charge in [0.25, 0.3) is 5.91 Å². The number of imidazole rings is 1. The van der Waals surface area contributed by atoms with Crippen LogP contribution in [0, 0.1) is 5.92 Å². The molecule has 0 saturated heterocycles. The number of carbonyl (C=O) groups excluding carboxylic acids is 1. The molecule has 2 aromatic heterocycles. The van der Waals surface area contributed by atoms with Crippen LogP contribution < -0.4 is 5.73 Å².